The van der Waals surface area contributed by atoms with Gasteiger partial charge >= 0.3 is 0 Å². The lowest BCUT2D eigenvalue weighted by molar-refractivity contribution is 0.181. The van der Waals surface area contributed by atoms with Crippen molar-refractivity contribution in [3.05, 3.63) is 54.0 Å². The van der Waals surface area contributed by atoms with E-state index in [1.54, 1.807) is 13.4 Å². The minimum Gasteiger partial charge on any atom is -0.378 e. The molecular weight excluding hydrogens is 340 g/mol. The van der Waals surface area contributed by atoms with Crippen LogP contribution < -0.4 is 4.90 Å². The van der Waals surface area contributed by atoms with Crippen molar-refractivity contribution in [1.29, 1.82) is 0 Å². The van der Waals surface area contributed by atoms with Crippen molar-refractivity contribution in [2.45, 2.75) is 32.5 Å². The molecule has 0 amide bonds. The van der Waals surface area contributed by atoms with E-state index in [2.05, 4.69) is 68.2 Å². The molecule has 142 valence electrons. The van der Waals surface area contributed by atoms with Gasteiger partial charge in [-0.15, -0.1) is 0 Å². The van der Waals surface area contributed by atoms with E-state index in [0.29, 0.717) is 18.4 Å². The van der Waals surface area contributed by atoms with Crippen molar-refractivity contribution in [2.24, 2.45) is 0 Å². The summed E-state index contributed by atoms with van der Waals surface area (Å²) in [5, 5.41) is 4.39. The van der Waals surface area contributed by atoms with Crippen molar-refractivity contribution < 1.29 is 4.74 Å². The van der Waals surface area contributed by atoms with Gasteiger partial charge in [-0.25, -0.2) is 4.98 Å². The highest BCUT2D eigenvalue weighted by Crippen LogP contribution is 2.22. The Morgan fingerprint density at radius 3 is 2.85 bits per heavy atom. The fraction of sp³-hybridized carbons (Fsp3) is 0.450. The zero-order chi connectivity index (χ0) is 18.6. The summed E-state index contributed by atoms with van der Waals surface area (Å²) in [7, 11) is 1.69. The highest BCUT2D eigenvalue weighted by molar-refractivity contribution is 5.48. The van der Waals surface area contributed by atoms with Crippen LogP contribution in [0.15, 0.2) is 42.7 Å². The number of anilines is 1. The number of aromatic nitrogens is 4. The zero-order valence-electron chi connectivity index (χ0n) is 16.0. The molecule has 7 nitrogen and oxygen atoms in total. The number of hydrogen-bond donors (Lipinski definition) is 0. The van der Waals surface area contributed by atoms with E-state index in [0.717, 1.165) is 44.1 Å². The Hall–Kier alpha value is -2.51. The van der Waals surface area contributed by atoms with Gasteiger partial charge in [0.05, 0.1) is 12.3 Å². The second-order valence-corrected chi connectivity index (χ2v) is 7.13. The van der Waals surface area contributed by atoms with Gasteiger partial charge in [-0.2, -0.15) is 14.6 Å². The minimum atomic E-state index is 0.362. The Kier molecular flexibility index (Phi) is 5.31. The molecule has 3 aromatic rings. The molecule has 2 aromatic heterocycles. The van der Waals surface area contributed by atoms with Gasteiger partial charge in [-0.05, 0) is 18.9 Å². The first-order chi connectivity index (χ1) is 13.2. The first-order valence-corrected chi connectivity index (χ1v) is 9.46. The lowest BCUT2D eigenvalue weighted by Crippen LogP contribution is -2.40. The molecule has 0 radical (unpaired) electrons. The zero-order valence-corrected chi connectivity index (χ0v) is 16.0. The van der Waals surface area contributed by atoms with Gasteiger partial charge in [0.15, 0.2) is 0 Å². The SMILES string of the molecule is COCc1cc(N2CCCN(Cc3ccccc3)CC2C)n2ncnc2n1. The molecule has 0 N–H and O–H groups in total. The van der Waals surface area contributed by atoms with Gasteiger partial charge in [0, 0.05) is 45.4 Å². The molecule has 4 rings (SSSR count). The quantitative estimate of drug-likeness (QED) is 0.691. The normalized spacial score (nSPS) is 18.7. The largest absolute Gasteiger partial charge is 0.378 e. The van der Waals surface area contributed by atoms with Crippen LogP contribution in [0.5, 0.6) is 0 Å². The van der Waals surface area contributed by atoms with Crippen molar-refractivity contribution in [3.8, 4) is 0 Å². The van der Waals surface area contributed by atoms with Crippen LogP contribution in [-0.4, -0.2) is 57.3 Å². The highest BCUT2D eigenvalue weighted by Gasteiger charge is 2.24. The molecule has 1 aromatic carbocycles. The maximum atomic E-state index is 5.28. The van der Waals surface area contributed by atoms with Crippen molar-refractivity contribution in [2.75, 3.05) is 31.6 Å². The Bertz CT molecular complexity index is 881. The number of nitrogens with zero attached hydrogens (tertiary/aromatic N) is 6. The average molecular weight is 366 g/mol. The van der Waals surface area contributed by atoms with Crippen LogP contribution >= 0.6 is 0 Å². The third-order valence-corrected chi connectivity index (χ3v) is 5.05. The molecule has 1 saturated heterocycles. The monoisotopic (exact) mass is 366 g/mol. The Balaban J connectivity index is 1.57. The van der Waals surface area contributed by atoms with Crippen LogP contribution in [0.4, 0.5) is 5.82 Å². The van der Waals surface area contributed by atoms with E-state index in [4.69, 9.17) is 4.74 Å². The minimum absolute atomic E-state index is 0.362. The third kappa shape index (κ3) is 3.94. The van der Waals surface area contributed by atoms with Crippen LogP contribution in [0.2, 0.25) is 0 Å². The topological polar surface area (TPSA) is 58.8 Å². The number of ether oxygens (including phenoxy) is 1. The van der Waals surface area contributed by atoms with Crippen LogP contribution in [-0.2, 0) is 17.9 Å². The fourth-order valence-electron chi connectivity index (χ4n) is 3.84. The number of benzene rings is 1. The van der Waals surface area contributed by atoms with Crippen molar-refractivity contribution >= 4 is 11.6 Å². The van der Waals surface area contributed by atoms with Crippen LogP contribution in [0.1, 0.15) is 24.6 Å². The lowest BCUT2D eigenvalue weighted by Gasteiger charge is -2.31. The predicted octanol–water partition coefficient (Wildman–Crippen LogP) is 2.37. The second kappa shape index (κ2) is 8.02. The first kappa shape index (κ1) is 17.9. The molecule has 1 unspecified atom stereocenters. The van der Waals surface area contributed by atoms with Crippen LogP contribution in [0, 0.1) is 0 Å². The summed E-state index contributed by atoms with van der Waals surface area (Å²) >= 11 is 0. The van der Waals surface area contributed by atoms with E-state index in [-0.39, 0.29) is 0 Å². The Morgan fingerprint density at radius 1 is 1.19 bits per heavy atom. The summed E-state index contributed by atoms with van der Waals surface area (Å²) in [5.74, 6) is 1.66. The maximum Gasteiger partial charge on any atom is 0.254 e. The Morgan fingerprint density at radius 2 is 2.04 bits per heavy atom. The molecule has 7 heteroatoms. The average Bonchev–Trinajstić information content (AvgIpc) is 3.06. The molecule has 3 heterocycles. The van der Waals surface area contributed by atoms with Gasteiger partial charge in [-0.3, -0.25) is 4.90 Å². The first-order valence-electron chi connectivity index (χ1n) is 9.46. The molecule has 0 bridgehead atoms. The molecule has 1 aliphatic heterocycles. The lowest BCUT2D eigenvalue weighted by atomic mass is 10.2. The summed E-state index contributed by atoms with van der Waals surface area (Å²) in [6.07, 6.45) is 2.67. The molecule has 1 aliphatic rings. The van der Waals surface area contributed by atoms with Gasteiger partial charge in [0.2, 0.25) is 0 Å². The van der Waals surface area contributed by atoms with Gasteiger partial charge in [-0.1, -0.05) is 30.3 Å². The van der Waals surface area contributed by atoms with Crippen LogP contribution in [0.25, 0.3) is 5.78 Å². The molecule has 0 aliphatic carbocycles. The molecule has 0 saturated carbocycles. The fourth-order valence-corrected chi connectivity index (χ4v) is 3.84. The van der Waals surface area contributed by atoms with E-state index in [9.17, 15) is 0 Å². The Labute approximate surface area is 159 Å². The summed E-state index contributed by atoms with van der Waals surface area (Å²) in [6, 6.07) is 13.1. The third-order valence-electron chi connectivity index (χ3n) is 5.05. The van der Waals surface area contributed by atoms with E-state index in [1.807, 2.05) is 4.52 Å². The standard InChI is InChI=1S/C20H26N6O/c1-16-12-24(13-17-7-4-3-5-8-17)9-6-10-25(16)19-11-18(14-27-2)23-20-21-15-22-26(19)20/h3-5,7-8,11,15-16H,6,9-10,12-14H2,1-2H3. The maximum absolute atomic E-state index is 5.28. The van der Waals surface area contributed by atoms with E-state index < -0.39 is 0 Å². The number of rotatable bonds is 5. The summed E-state index contributed by atoms with van der Waals surface area (Å²) in [4.78, 5) is 13.8. The highest BCUT2D eigenvalue weighted by atomic mass is 16.5. The molecule has 0 spiro atoms. The summed E-state index contributed by atoms with van der Waals surface area (Å²) in [5.41, 5.74) is 2.24. The van der Waals surface area contributed by atoms with Crippen molar-refractivity contribution in [3.63, 3.8) is 0 Å². The van der Waals surface area contributed by atoms with Crippen LogP contribution in [0.3, 0.4) is 0 Å². The summed E-state index contributed by atoms with van der Waals surface area (Å²) < 4.78 is 7.12. The number of hydrogen-bond acceptors (Lipinski definition) is 6. The van der Waals surface area contributed by atoms with Crippen molar-refractivity contribution in [1.82, 2.24) is 24.5 Å². The molecule has 1 fully saturated rings. The van der Waals surface area contributed by atoms with Gasteiger partial charge in [0.25, 0.3) is 5.78 Å². The van der Waals surface area contributed by atoms with Gasteiger partial charge < -0.3 is 9.64 Å². The number of fused-ring (bicyclic) bond motifs is 1. The van der Waals surface area contributed by atoms with E-state index >= 15 is 0 Å². The number of methoxy groups -OCH3 is 1. The second-order valence-electron chi connectivity index (χ2n) is 7.13. The molecule has 1 atom stereocenters. The molecular formula is C20H26N6O. The predicted molar refractivity (Wildman–Crippen MR) is 105 cm³/mol. The van der Waals surface area contributed by atoms with Gasteiger partial charge in [0.1, 0.15) is 12.1 Å². The summed E-state index contributed by atoms with van der Waals surface area (Å²) in [6.45, 7) is 6.82. The smallest absolute Gasteiger partial charge is 0.254 e. The molecule has 27 heavy (non-hydrogen) atoms. The van der Waals surface area contributed by atoms with E-state index in [1.165, 1.54) is 5.56 Å².